The molecule has 0 unspecified atom stereocenters. The van der Waals surface area contributed by atoms with Gasteiger partial charge in [0.1, 0.15) is 5.82 Å². The Morgan fingerprint density at radius 2 is 2.21 bits per heavy atom. The SMILES string of the molecule is C#CCN(CCC)c1cc(C(=O)O)cc(C(C)C)n1. The monoisotopic (exact) mass is 260 g/mol. The number of terminal acetylenes is 1. The highest BCUT2D eigenvalue weighted by atomic mass is 16.4. The van der Waals surface area contributed by atoms with Crippen LogP contribution in [0.5, 0.6) is 0 Å². The van der Waals surface area contributed by atoms with Gasteiger partial charge in [-0.2, -0.15) is 0 Å². The highest BCUT2D eigenvalue weighted by Gasteiger charge is 2.14. The first kappa shape index (κ1) is 15.0. The van der Waals surface area contributed by atoms with E-state index in [0.717, 1.165) is 18.7 Å². The second-order valence-electron chi connectivity index (χ2n) is 4.72. The largest absolute Gasteiger partial charge is 0.478 e. The molecule has 0 aliphatic heterocycles. The molecule has 4 heteroatoms. The average molecular weight is 260 g/mol. The van der Waals surface area contributed by atoms with E-state index in [1.165, 1.54) is 0 Å². The van der Waals surface area contributed by atoms with Crippen LogP contribution in [0.4, 0.5) is 5.82 Å². The number of hydrogen-bond acceptors (Lipinski definition) is 3. The molecule has 1 rings (SSSR count). The molecule has 0 saturated carbocycles. The van der Waals surface area contributed by atoms with Crippen molar-refractivity contribution in [1.29, 1.82) is 0 Å². The maximum atomic E-state index is 11.2. The molecule has 0 atom stereocenters. The Bertz CT molecular complexity index is 489. The van der Waals surface area contributed by atoms with E-state index in [9.17, 15) is 9.90 Å². The summed E-state index contributed by atoms with van der Waals surface area (Å²) in [6.45, 7) is 7.22. The van der Waals surface area contributed by atoms with Gasteiger partial charge in [-0.1, -0.05) is 26.7 Å². The molecule has 0 radical (unpaired) electrons. The third kappa shape index (κ3) is 3.99. The Hall–Kier alpha value is -2.02. The van der Waals surface area contributed by atoms with Gasteiger partial charge in [0.05, 0.1) is 12.1 Å². The molecular weight excluding hydrogens is 240 g/mol. The number of aromatic carboxylic acids is 1. The van der Waals surface area contributed by atoms with Crippen LogP contribution < -0.4 is 4.90 Å². The van der Waals surface area contributed by atoms with Crippen LogP contribution in [0.2, 0.25) is 0 Å². The minimum absolute atomic E-state index is 0.173. The molecule has 1 N–H and O–H groups in total. The van der Waals surface area contributed by atoms with Crippen molar-refractivity contribution in [3.8, 4) is 12.3 Å². The molecule has 0 aliphatic carbocycles. The van der Waals surface area contributed by atoms with Crippen molar-refractivity contribution in [3.63, 3.8) is 0 Å². The Balaban J connectivity index is 3.24. The van der Waals surface area contributed by atoms with E-state index in [-0.39, 0.29) is 11.5 Å². The van der Waals surface area contributed by atoms with E-state index < -0.39 is 5.97 Å². The molecular formula is C15H20N2O2. The summed E-state index contributed by atoms with van der Waals surface area (Å²) in [7, 11) is 0. The predicted octanol–water partition coefficient (Wildman–Crippen LogP) is 2.75. The Labute approximate surface area is 114 Å². The molecule has 0 saturated heterocycles. The van der Waals surface area contributed by atoms with Crippen LogP contribution in [-0.2, 0) is 0 Å². The molecule has 4 nitrogen and oxygen atoms in total. The van der Waals surface area contributed by atoms with Gasteiger partial charge in [-0.15, -0.1) is 6.42 Å². The van der Waals surface area contributed by atoms with Gasteiger partial charge < -0.3 is 10.0 Å². The lowest BCUT2D eigenvalue weighted by Gasteiger charge is -2.22. The molecule has 0 amide bonds. The first-order chi connectivity index (χ1) is 8.99. The third-order valence-corrected chi connectivity index (χ3v) is 2.77. The quantitative estimate of drug-likeness (QED) is 0.799. The number of pyridine rings is 1. The van der Waals surface area contributed by atoms with Crippen LogP contribution in [0.3, 0.4) is 0 Å². The van der Waals surface area contributed by atoms with E-state index in [4.69, 9.17) is 6.42 Å². The summed E-state index contributed by atoms with van der Waals surface area (Å²) in [5.41, 5.74) is 1.03. The second kappa shape index (κ2) is 6.79. The molecule has 0 fully saturated rings. The molecule has 102 valence electrons. The van der Waals surface area contributed by atoms with Crippen LogP contribution in [-0.4, -0.2) is 29.1 Å². The van der Waals surface area contributed by atoms with Crippen molar-refractivity contribution in [1.82, 2.24) is 4.98 Å². The van der Waals surface area contributed by atoms with Crippen LogP contribution >= 0.6 is 0 Å². The zero-order valence-corrected chi connectivity index (χ0v) is 11.7. The van der Waals surface area contributed by atoms with E-state index in [1.54, 1.807) is 12.1 Å². The smallest absolute Gasteiger partial charge is 0.335 e. The van der Waals surface area contributed by atoms with Crippen molar-refractivity contribution in [3.05, 3.63) is 23.4 Å². The van der Waals surface area contributed by atoms with E-state index in [0.29, 0.717) is 12.4 Å². The summed E-state index contributed by atoms with van der Waals surface area (Å²) in [4.78, 5) is 17.6. The standard InChI is InChI=1S/C15H20N2O2/c1-5-7-17(8-6-2)14-10-12(15(18)19)9-13(16-14)11(3)4/h1,9-11H,6-8H2,2-4H3,(H,18,19). The predicted molar refractivity (Wildman–Crippen MR) is 76.6 cm³/mol. The molecule has 0 aliphatic rings. The molecule has 19 heavy (non-hydrogen) atoms. The van der Waals surface area contributed by atoms with Gasteiger partial charge in [-0.25, -0.2) is 9.78 Å². The Morgan fingerprint density at radius 3 is 2.68 bits per heavy atom. The zero-order valence-electron chi connectivity index (χ0n) is 11.7. The maximum Gasteiger partial charge on any atom is 0.335 e. The van der Waals surface area contributed by atoms with Gasteiger partial charge >= 0.3 is 5.97 Å². The topological polar surface area (TPSA) is 53.4 Å². The van der Waals surface area contributed by atoms with E-state index in [2.05, 4.69) is 10.9 Å². The van der Waals surface area contributed by atoms with Crippen LogP contribution in [0.1, 0.15) is 49.2 Å². The molecule has 0 spiro atoms. The van der Waals surface area contributed by atoms with Gasteiger partial charge in [0.15, 0.2) is 0 Å². The first-order valence-corrected chi connectivity index (χ1v) is 6.43. The molecule has 1 aromatic rings. The fraction of sp³-hybridized carbons (Fsp3) is 0.467. The highest BCUT2D eigenvalue weighted by molar-refractivity contribution is 5.88. The zero-order chi connectivity index (χ0) is 14.4. The van der Waals surface area contributed by atoms with Crippen molar-refractivity contribution < 1.29 is 9.90 Å². The molecule has 1 heterocycles. The number of carbonyl (C=O) groups is 1. The highest BCUT2D eigenvalue weighted by Crippen LogP contribution is 2.20. The van der Waals surface area contributed by atoms with Crippen LogP contribution in [0, 0.1) is 12.3 Å². The number of aromatic nitrogens is 1. The fourth-order valence-corrected chi connectivity index (χ4v) is 1.77. The van der Waals surface area contributed by atoms with Crippen molar-refractivity contribution in [2.75, 3.05) is 18.0 Å². The lowest BCUT2D eigenvalue weighted by Crippen LogP contribution is -2.26. The van der Waals surface area contributed by atoms with Crippen LogP contribution in [0.15, 0.2) is 12.1 Å². The van der Waals surface area contributed by atoms with Gasteiger partial charge in [0.25, 0.3) is 0 Å². The maximum absolute atomic E-state index is 11.2. The minimum Gasteiger partial charge on any atom is -0.478 e. The normalized spacial score (nSPS) is 10.3. The Morgan fingerprint density at radius 1 is 1.53 bits per heavy atom. The molecule has 0 aromatic carbocycles. The van der Waals surface area contributed by atoms with Crippen molar-refractivity contribution in [2.24, 2.45) is 0 Å². The van der Waals surface area contributed by atoms with E-state index >= 15 is 0 Å². The number of rotatable bonds is 6. The average Bonchev–Trinajstić information content (AvgIpc) is 2.37. The number of hydrogen-bond donors (Lipinski definition) is 1. The summed E-state index contributed by atoms with van der Waals surface area (Å²) in [5, 5.41) is 9.17. The van der Waals surface area contributed by atoms with Crippen molar-refractivity contribution in [2.45, 2.75) is 33.1 Å². The summed E-state index contributed by atoms with van der Waals surface area (Å²) in [6.07, 6.45) is 6.29. The van der Waals surface area contributed by atoms with E-state index in [1.807, 2.05) is 25.7 Å². The second-order valence-corrected chi connectivity index (χ2v) is 4.72. The summed E-state index contributed by atoms with van der Waals surface area (Å²) < 4.78 is 0. The number of nitrogens with zero attached hydrogens (tertiary/aromatic N) is 2. The summed E-state index contributed by atoms with van der Waals surface area (Å²) in [6, 6.07) is 3.21. The number of anilines is 1. The minimum atomic E-state index is -0.942. The van der Waals surface area contributed by atoms with Gasteiger partial charge in [-0.05, 0) is 24.5 Å². The molecule has 0 bridgehead atoms. The van der Waals surface area contributed by atoms with Gasteiger partial charge in [0.2, 0.25) is 0 Å². The van der Waals surface area contributed by atoms with Crippen LogP contribution in [0.25, 0.3) is 0 Å². The fourth-order valence-electron chi connectivity index (χ4n) is 1.77. The summed E-state index contributed by atoms with van der Waals surface area (Å²) in [5.74, 6) is 2.46. The number of carboxylic acids is 1. The Kier molecular flexibility index (Phi) is 5.37. The molecule has 1 aromatic heterocycles. The lowest BCUT2D eigenvalue weighted by atomic mass is 10.1. The van der Waals surface area contributed by atoms with Gasteiger partial charge in [-0.3, -0.25) is 0 Å². The first-order valence-electron chi connectivity index (χ1n) is 6.43. The van der Waals surface area contributed by atoms with Gasteiger partial charge in [0, 0.05) is 12.2 Å². The number of carboxylic acid groups (broad SMARTS) is 1. The van der Waals surface area contributed by atoms with Crippen molar-refractivity contribution >= 4 is 11.8 Å². The lowest BCUT2D eigenvalue weighted by molar-refractivity contribution is 0.0696. The summed E-state index contributed by atoms with van der Waals surface area (Å²) >= 11 is 0. The third-order valence-electron chi connectivity index (χ3n) is 2.77.